The lowest BCUT2D eigenvalue weighted by Gasteiger charge is -2.14. The number of aryl methyl sites for hydroxylation is 1. The lowest BCUT2D eigenvalue weighted by Crippen LogP contribution is -2.20. The van der Waals surface area contributed by atoms with Crippen LogP contribution in [0.2, 0.25) is 0 Å². The van der Waals surface area contributed by atoms with E-state index in [4.69, 9.17) is 5.11 Å². The highest BCUT2D eigenvalue weighted by atomic mass is 16.4. The number of aliphatic carboxylic acids is 1. The van der Waals surface area contributed by atoms with Gasteiger partial charge in [0.05, 0.1) is 0 Å². The van der Waals surface area contributed by atoms with Crippen molar-refractivity contribution in [2.24, 2.45) is 0 Å². The summed E-state index contributed by atoms with van der Waals surface area (Å²) < 4.78 is 0. The van der Waals surface area contributed by atoms with Crippen molar-refractivity contribution in [1.82, 2.24) is 0 Å². The van der Waals surface area contributed by atoms with Crippen molar-refractivity contribution < 1.29 is 19.5 Å². The Kier molecular flexibility index (Phi) is 7.56. The molecule has 148 valence electrons. The fourth-order valence-corrected chi connectivity index (χ4v) is 2.69. The van der Waals surface area contributed by atoms with Crippen molar-refractivity contribution >= 4 is 35.0 Å². The summed E-state index contributed by atoms with van der Waals surface area (Å²) in [7, 11) is 0. The quantitative estimate of drug-likeness (QED) is 0.542. The van der Waals surface area contributed by atoms with Gasteiger partial charge in [-0.25, -0.2) is 4.79 Å². The van der Waals surface area contributed by atoms with Crippen molar-refractivity contribution in [3.05, 3.63) is 53.6 Å². The van der Waals surface area contributed by atoms with Gasteiger partial charge in [-0.1, -0.05) is 25.1 Å². The smallest absolute Gasteiger partial charge is 0.323 e. The van der Waals surface area contributed by atoms with Gasteiger partial charge in [-0.3, -0.25) is 9.59 Å². The molecule has 0 aliphatic carbocycles. The Bertz CT molecular complexity index is 864. The van der Waals surface area contributed by atoms with Crippen molar-refractivity contribution in [1.29, 1.82) is 0 Å². The number of rotatable bonds is 8. The number of benzene rings is 2. The Morgan fingerprint density at radius 1 is 0.929 bits per heavy atom. The van der Waals surface area contributed by atoms with Crippen LogP contribution < -0.4 is 16.0 Å². The fraction of sp³-hybridized carbons (Fsp3) is 0.286. The molecule has 0 heterocycles. The molecule has 0 bridgehead atoms. The molecule has 2 aromatic carbocycles. The van der Waals surface area contributed by atoms with Crippen LogP contribution in [0.25, 0.3) is 0 Å². The van der Waals surface area contributed by atoms with Gasteiger partial charge in [-0.2, -0.15) is 0 Å². The van der Waals surface area contributed by atoms with Crippen LogP contribution in [-0.2, 0) is 16.0 Å². The van der Waals surface area contributed by atoms with Crippen molar-refractivity contribution in [3.8, 4) is 0 Å². The second-order valence-electron chi connectivity index (χ2n) is 6.45. The topological polar surface area (TPSA) is 108 Å². The largest absolute Gasteiger partial charge is 0.481 e. The minimum atomic E-state index is -0.863. The molecule has 0 saturated carbocycles. The molecule has 0 atom stereocenters. The number of anilines is 3. The average molecular weight is 383 g/mol. The highest BCUT2D eigenvalue weighted by Crippen LogP contribution is 2.24. The number of nitrogens with one attached hydrogen (secondary N) is 3. The van der Waals surface area contributed by atoms with E-state index in [1.807, 2.05) is 19.9 Å². The summed E-state index contributed by atoms with van der Waals surface area (Å²) in [5.74, 6) is -0.928. The number of hydrogen-bond donors (Lipinski definition) is 4. The van der Waals surface area contributed by atoms with Crippen molar-refractivity contribution in [3.63, 3.8) is 0 Å². The number of carboxylic acids is 1. The maximum atomic E-state index is 12.3. The third-order valence-corrected chi connectivity index (χ3v) is 4.15. The molecule has 2 aromatic rings. The highest BCUT2D eigenvalue weighted by Gasteiger charge is 2.10. The second-order valence-corrected chi connectivity index (χ2v) is 6.45. The van der Waals surface area contributed by atoms with Crippen LogP contribution in [0.15, 0.2) is 42.5 Å². The number of hydrogen-bond acceptors (Lipinski definition) is 3. The number of amides is 3. The molecule has 0 saturated heterocycles. The first-order valence-corrected chi connectivity index (χ1v) is 9.17. The molecule has 28 heavy (non-hydrogen) atoms. The minimum absolute atomic E-state index is 0.0331. The van der Waals surface area contributed by atoms with Crippen LogP contribution in [0.5, 0.6) is 0 Å². The van der Waals surface area contributed by atoms with Crippen LogP contribution in [-0.4, -0.2) is 23.0 Å². The fourth-order valence-electron chi connectivity index (χ4n) is 2.69. The molecule has 0 aliphatic heterocycles. The normalized spacial score (nSPS) is 10.2. The number of carboxylic acid groups (broad SMARTS) is 1. The molecule has 0 fully saturated rings. The molecule has 0 aliphatic rings. The van der Waals surface area contributed by atoms with Crippen LogP contribution in [0.4, 0.5) is 21.9 Å². The number of urea groups is 1. The van der Waals surface area contributed by atoms with Crippen LogP contribution in [0.1, 0.15) is 37.3 Å². The van der Waals surface area contributed by atoms with Crippen LogP contribution >= 0.6 is 0 Å². The molecular weight excluding hydrogens is 358 g/mol. The molecule has 0 aromatic heterocycles. The average Bonchev–Trinajstić information content (AvgIpc) is 2.64. The zero-order valence-corrected chi connectivity index (χ0v) is 16.0. The maximum Gasteiger partial charge on any atom is 0.323 e. The summed E-state index contributed by atoms with van der Waals surface area (Å²) in [6.07, 6.45) is 1.63. The van der Waals surface area contributed by atoms with Crippen molar-refractivity contribution in [2.75, 3.05) is 16.0 Å². The number of carbonyl (C=O) groups is 3. The van der Waals surface area contributed by atoms with Crippen LogP contribution in [0.3, 0.4) is 0 Å². The standard InChI is InChI=1S/C21H25N3O4/c1-3-6-19(25)23-17-9-5-10-18(14(17)2)24-21(28)22-16-8-4-7-15(13-16)11-12-20(26)27/h4-5,7-10,13H,3,6,11-12H2,1-2H3,(H,23,25)(H,26,27)(H2,22,24,28). The molecule has 7 nitrogen and oxygen atoms in total. The second kappa shape index (κ2) is 10.1. The van der Waals surface area contributed by atoms with Gasteiger partial charge >= 0.3 is 12.0 Å². The summed E-state index contributed by atoms with van der Waals surface area (Å²) in [5.41, 5.74) is 3.42. The summed E-state index contributed by atoms with van der Waals surface area (Å²) in [5, 5.41) is 17.1. The third-order valence-electron chi connectivity index (χ3n) is 4.15. The maximum absolute atomic E-state index is 12.3. The van der Waals surface area contributed by atoms with Gasteiger partial charge in [-0.15, -0.1) is 0 Å². The molecular formula is C21H25N3O4. The SMILES string of the molecule is CCCC(=O)Nc1cccc(NC(=O)Nc2cccc(CCC(=O)O)c2)c1C. The predicted molar refractivity (Wildman–Crippen MR) is 110 cm³/mol. The molecule has 2 rings (SSSR count). The van der Waals surface area contributed by atoms with E-state index in [2.05, 4.69) is 16.0 Å². The summed E-state index contributed by atoms with van der Waals surface area (Å²) in [6, 6.07) is 12.0. The first-order chi connectivity index (χ1) is 13.4. The first kappa shape index (κ1) is 21.0. The lowest BCUT2D eigenvalue weighted by atomic mass is 10.1. The lowest BCUT2D eigenvalue weighted by molar-refractivity contribution is -0.137. The molecule has 3 amide bonds. The van der Waals surface area contributed by atoms with E-state index in [0.29, 0.717) is 29.9 Å². The minimum Gasteiger partial charge on any atom is -0.481 e. The van der Waals surface area contributed by atoms with Gasteiger partial charge in [-0.05, 0) is 55.2 Å². The Balaban J connectivity index is 2.02. The molecule has 7 heteroatoms. The zero-order chi connectivity index (χ0) is 20.5. The van der Waals surface area contributed by atoms with E-state index in [1.54, 1.807) is 36.4 Å². The van der Waals surface area contributed by atoms with E-state index in [0.717, 1.165) is 17.5 Å². The van der Waals surface area contributed by atoms with Gasteiger partial charge in [0.15, 0.2) is 0 Å². The Morgan fingerprint density at radius 2 is 1.61 bits per heavy atom. The molecule has 0 radical (unpaired) electrons. The van der Waals surface area contributed by atoms with E-state index < -0.39 is 12.0 Å². The van der Waals surface area contributed by atoms with E-state index in [-0.39, 0.29) is 12.3 Å². The van der Waals surface area contributed by atoms with Gasteiger partial charge in [0.2, 0.25) is 5.91 Å². The summed E-state index contributed by atoms with van der Waals surface area (Å²) in [4.78, 5) is 34.9. The monoisotopic (exact) mass is 383 g/mol. The van der Waals surface area contributed by atoms with E-state index in [1.165, 1.54) is 0 Å². The molecule has 0 unspecified atom stereocenters. The summed E-state index contributed by atoms with van der Waals surface area (Å²) in [6.45, 7) is 3.76. The summed E-state index contributed by atoms with van der Waals surface area (Å²) >= 11 is 0. The Labute approximate surface area is 164 Å². The van der Waals surface area contributed by atoms with Gasteiger partial charge in [0.25, 0.3) is 0 Å². The van der Waals surface area contributed by atoms with E-state index in [9.17, 15) is 14.4 Å². The first-order valence-electron chi connectivity index (χ1n) is 9.17. The van der Waals surface area contributed by atoms with Crippen molar-refractivity contribution in [2.45, 2.75) is 39.5 Å². The Morgan fingerprint density at radius 3 is 2.29 bits per heavy atom. The highest BCUT2D eigenvalue weighted by molar-refractivity contribution is 6.01. The van der Waals surface area contributed by atoms with E-state index >= 15 is 0 Å². The predicted octanol–water partition coefficient (Wildman–Crippen LogP) is 4.39. The molecule has 0 spiro atoms. The zero-order valence-electron chi connectivity index (χ0n) is 16.0. The molecule has 4 N–H and O–H groups in total. The third kappa shape index (κ3) is 6.42. The van der Waals surface area contributed by atoms with Gasteiger partial charge < -0.3 is 21.1 Å². The Hall–Kier alpha value is -3.35. The number of carbonyl (C=O) groups excluding carboxylic acids is 2. The van der Waals surface area contributed by atoms with Crippen LogP contribution in [0, 0.1) is 6.92 Å². The van der Waals surface area contributed by atoms with Gasteiger partial charge in [0, 0.05) is 29.9 Å². The van der Waals surface area contributed by atoms with Gasteiger partial charge in [0.1, 0.15) is 0 Å².